The van der Waals surface area contributed by atoms with Gasteiger partial charge in [0.05, 0.1) is 5.60 Å². The highest BCUT2D eigenvalue weighted by molar-refractivity contribution is 5.21. The first-order valence-corrected chi connectivity index (χ1v) is 5.11. The molecule has 1 saturated carbocycles. The molecule has 1 heterocycles. The van der Waals surface area contributed by atoms with Crippen LogP contribution >= 0.6 is 0 Å². The van der Waals surface area contributed by atoms with Crippen LogP contribution < -0.4 is 11.1 Å². The molecule has 0 aromatic rings. The van der Waals surface area contributed by atoms with Crippen LogP contribution in [0.25, 0.3) is 0 Å². The molecule has 0 spiro atoms. The summed E-state index contributed by atoms with van der Waals surface area (Å²) in [6, 6.07) is 0. The Labute approximate surface area is 79.7 Å². The Morgan fingerprint density at radius 1 is 1.46 bits per heavy atom. The Bertz CT molecular complexity index is 221. The van der Waals surface area contributed by atoms with Crippen LogP contribution in [0.3, 0.4) is 0 Å². The number of hydrogen-bond donors (Lipinski definition) is 3. The van der Waals surface area contributed by atoms with E-state index in [4.69, 9.17) is 5.73 Å². The molecular weight excluding hydrogens is 164 g/mol. The number of nitrogens with one attached hydrogen (secondary N) is 1. The molecule has 1 aliphatic heterocycles. The molecule has 4 N–H and O–H groups in total. The molecule has 2 atom stereocenters. The van der Waals surface area contributed by atoms with Gasteiger partial charge >= 0.3 is 0 Å². The average molecular weight is 184 g/mol. The second-order valence-corrected chi connectivity index (χ2v) is 5.31. The van der Waals surface area contributed by atoms with Gasteiger partial charge in [-0.2, -0.15) is 0 Å². The van der Waals surface area contributed by atoms with Gasteiger partial charge in [-0.1, -0.05) is 13.8 Å². The van der Waals surface area contributed by atoms with Gasteiger partial charge in [-0.25, -0.2) is 0 Å². The summed E-state index contributed by atoms with van der Waals surface area (Å²) in [4.78, 5) is 0. The molecule has 1 aliphatic carbocycles. The minimum atomic E-state index is -0.550. The largest absolute Gasteiger partial charge is 0.388 e. The monoisotopic (exact) mass is 184 g/mol. The lowest BCUT2D eigenvalue weighted by Gasteiger charge is -2.34. The van der Waals surface area contributed by atoms with Gasteiger partial charge in [0.1, 0.15) is 0 Å². The quantitative estimate of drug-likeness (QED) is 0.570. The number of nitrogens with two attached hydrogens (primary N) is 1. The minimum absolute atomic E-state index is 0.0243. The maximum absolute atomic E-state index is 10.5. The van der Waals surface area contributed by atoms with Crippen molar-refractivity contribution in [2.75, 3.05) is 19.6 Å². The van der Waals surface area contributed by atoms with E-state index in [1.807, 2.05) is 0 Å². The number of β-amino-alcohol motifs (C(OH)–C–C–N with tert-alkyl or cyclic N) is 1. The maximum atomic E-state index is 10.5. The van der Waals surface area contributed by atoms with Gasteiger partial charge in [0.15, 0.2) is 0 Å². The first-order valence-electron chi connectivity index (χ1n) is 5.11. The molecule has 76 valence electrons. The lowest BCUT2D eigenvalue weighted by Crippen LogP contribution is -2.48. The maximum Gasteiger partial charge on any atom is 0.0856 e. The summed E-state index contributed by atoms with van der Waals surface area (Å²) < 4.78 is 0. The van der Waals surface area contributed by atoms with Crippen LogP contribution in [-0.2, 0) is 0 Å². The smallest absolute Gasteiger partial charge is 0.0856 e. The Balaban J connectivity index is 2.23. The Morgan fingerprint density at radius 3 is 2.38 bits per heavy atom. The zero-order valence-electron chi connectivity index (χ0n) is 8.56. The molecule has 0 aromatic heterocycles. The van der Waals surface area contributed by atoms with E-state index in [1.165, 1.54) is 0 Å². The highest BCUT2D eigenvalue weighted by Crippen LogP contribution is 2.69. The summed E-state index contributed by atoms with van der Waals surface area (Å²) in [5, 5.41) is 13.7. The Kier molecular flexibility index (Phi) is 1.79. The van der Waals surface area contributed by atoms with Crippen molar-refractivity contribution < 1.29 is 5.11 Å². The third-order valence-electron chi connectivity index (χ3n) is 4.29. The second-order valence-electron chi connectivity index (χ2n) is 5.31. The summed E-state index contributed by atoms with van der Waals surface area (Å²) >= 11 is 0. The lowest BCUT2D eigenvalue weighted by molar-refractivity contribution is -0.0270. The van der Waals surface area contributed by atoms with Crippen LogP contribution in [0.5, 0.6) is 0 Å². The van der Waals surface area contributed by atoms with E-state index < -0.39 is 5.60 Å². The van der Waals surface area contributed by atoms with E-state index in [1.54, 1.807) is 0 Å². The first kappa shape index (κ1) is 9.44. The fourth-order valence-corrected chi connectivity index (χ4v) is 3.13. The topological polar surface area (TPSA) is 58.3 Å². The van der Waals surface area contributed by atoms with Crippen molar-refractivity contribution in [3.8, 4) is 0 Å². The number of rotatable bonds is 2. The molecule has 0 aromatic carbocycles. The van der Waals surface area contributed by atoms with Gasteiger partial charge < -0.3 is 16.2 Å². The fraction of sp³-hybridized carbons (Fsp3) is 1.00. The predicted molar refractivity (Wildman–Crippen MR) is 52.3 cm³/mol. The molecule has 0 radical (unpaired) electrons. The third kappa shape index (κ3) is 1.01. The Hall–Kier alpha value is -0.120. The lowest BCUT2D eigenvalue weighted by atomic mass is 9.78. The molecule has 2 rings (SSSR count). The van der Waals surface area contributed by atoms with Crippen LogP contribution in [0, 0.1) is 10.8 Å². The van der Waals surface area contributed by atoms with Gasteiger partial charge in [0.2, 0.25) is 0 Å². The number of hydrogen-bond acceptors (Lipinski definition) is 3. The van der Waals surface area contributed by atoms with E-state index in [0.29, 0.717) is 13.1 Å². The molecule has 2 unspecified atom stereocenters. The molecule has 3 nitrogen and oxygen atoms in total. The van der Waals surface area contributed by atoms with Crippen molar-refractivity contribution in [2.45, 2.75) is 32.3 Å². The van der Waals surface area contributed by atoms with E-state index in [0.717, 1.165) is 19.4 Å². The zero-order chi connectivity index (χ0) is 9.74. The van der Waals surface area contributed by atoms with Crippen LogP contribution in [0.1, 0.15) is 26.7 Å². The van der Waals surface area contributed by atoms with Gasteiger partial charge in [0.25, 0.3) is 0 Å². The summed E-state index contributed by atoms with van der Waals surface area (Å²) in [5.74, 6) is 0. The molecule has 0 bridgehead atoms. The summed E-state index contributed by atoms with van der Waals surface area (Å²) in [6.45, 7) is 6.66. The summed E-state index contributed by atoms with van der Waals surface area (Å²) in [7, 11) is 0. The fourth-order valence-electron chi connectivity index (χ4n) is 3.13. The van der Waals surface area contributed by atoms with Gasteiger partial charge in [-0.15, -0.1) is 0 Å². The molecule has 2 fully saturated rings. The van der Waals surface area contributed by atoms with Crippen LogP contribution in [0.4, 0.5) is 0 Å². The number of aliphatic hydroxyl groups is 1. The SMILES string of the molecule is CC1(C)CC1(CN)C1(O)CCNC1. The standard InChI is InChI=1S/C10H20N2O/c1-8(2)5-9(8,6-11)10(13)3-4-12-7-10/h12-13H,3-7,11H2,1-2H3. The van der Waals surface area contributed by atoms with Crippen molar-refractivity contribution in [1.29, 1.82) is 0 Å². The van der Waals surface area contributed by atoms with E-state index in [2.05, 4.69) is 19.2 Å². The van der Waals surface area contributed by atoms with Crippen LogP contribution in [-0.4, -0.2) is 30.3 Å². The van der Waals surface area contributed by atoms with Crippen LogP contribution in [0.2, 0.25) is 0 Å². The van der Waals surface area contributed by atoms with Crippen molar-refractivity contribution in [3.63, 3.8) is 0 Å². The molecular formula is C10H20N2O. The summed E-state index contributed by atoms with van der Waals surface area (Å²) in [5.41, 5.74) is 5.47. The van der Waals surface area contributed by atoms with Crippen molar-refractivity contribution >= 4 is 0 Å². The average Bonchev–Trinajstić information content (AvgIpc) is 2.44. The molecule has 2 aliphatic rings. The van der Waals surface area contributed by atoms with Crippen molar-refractivity contribution in [1.82, 2.24) is 5.32 Å². The highest BCUT2D eigenvalue weighted by atomic mass is 16.3. The van der Waals surface area contributed by atoms with E-state index >= 15 is 0 Å². The zero-order valence-corrected chi connectivity index (χ0v) is 8.56. The van der Waals surface area contributed by atoms with Crippen molar-refractivity contribution in [3.05, 3.63) is 0 Å². The van der Waals surface area contributed by atoms with E-state index in [9.17, 15) is 5.11 Å². The minimum Gasteiger partial charge on any atom is -0.388 e. The molecule has 13 heavy (non-hydrogen) atoms. The molecule has 1 saturated heterocycles. The predicted octanol–water partition coefficient (Wildman–Crippen LogP) is 0.0858. The molecule has 0 amide bonds. The second kappa shape index (κ2) is 2.47. The normalized spacial score (nSPS) is 48.0. The highest BCUT2D eigenvalue weighted by Gasteiger charge is 2.70. The van der Waals surface area contributed by atoms with Gasteiger partial charge in [0, 0.05) is 18.5 Å². The van der Waals surface area contributed by atoms with Gasteiger partial charge in [-0.05, 0) is 24.8 Å². The van der Waals surface area contributed by atoms with Crippen molar-refractivity contribution in [2.24, 2.45) is 16.6 Å². The molecule has 3 heteroatoms. The third-order valence-corrected chi connectivity index (χ3v) is 4.29. The van der Waals surface area contributed by atoms with E-state index in [-0.39, 0.29) is 10.8 Å². The van der Waals surface area contributed by atoms with Crippen LogP contribution in [0.15, 0.2) is 0 Å². The van der Waals surface area contributed by atoms with Gasteiger partial charge in [-0.3, -0.25) is 0 Å². The summed E-state index contributed by atoms with van der Waals surface area (Å²) in [6.07, 6.45) is 1.92. The Morgan fingerprint density at radius 2 is 2.08 bits per heavy atom. The first-order chi connectivity index (χ1) is 5.97.